The Hall–Kier alpha value is -1.82. The van der Waals surface area contributed by atoms with E-state index in [4.69, 9.17) is 21.3 Å². The molecule has 4 rings (SSSR count). The minimum absolute atomic E-state index is 0.658. The third kappa shape index (κ3) is 3.89. The summed E-state index contributed by atoms with van der Waals surface area (Å²) < 4.78 is 7.05. The second kappa shape index (κ2) is 7.60. The van der Waals surface area contributed by atoms with E-state index >= 15 is 0 Å². The molecule has 2 heterocycles. The summed E-state index contributed by atoms with van der Waals surface area (Å²) in [5.74, 6) is 0.761. The first-order valence-corrected chi connectivity index (χ1v) is 9.69. The standard InChI is InChI=1S/C19H20ClN3OS/c20-15-5-1-3-7-17(15)24-14-13-22-9-11-23(12-10-22)19-21-16-6-2-4-8-18(16)25-19/h1-8H,9-14H2. The molecule has 0 atom stereocenters. The normalized spacial score (nSPS) is 15.6. The zero-order valence-electron chi connectivity index (χ0n) is 13.9. The fraction of sp³-hybridized carbons (Fsp3) is 0.316. The molecule has 0 unspecified atom stereocenters. The van der Waals surface area contributed by atoms with Crippen molar-refractivity contribution in [2.24, 2.45) is 0 Å². The first-order valence-electron chi connectivity index (χ1n) is 8.50. The summed E-state index contributed by atoms with van der Waals surface area (Å²) in [5, 5.41) is 1.80. The van der Waals surface area contributed by atoms with E-state index in [2.05, 4.69) is 28.0 Å². The van der Waals surface area contributed by atoms with Gasteiger partial charge in [0.1, 0.15) is 12.4 Å². The summed E-state index contributed by atoms with van der Waals surface area (Å²) in [6.07, 6.45) is 0. The van der Waals surface area contributed by atoms with Gasteiger partial charge in [-0.2, -0.15) is 0 Å². The number of nitrogens with zero attached hydrogens (tertiary/aromatic N) is 3. The molecule has 1 aliphatic rings. The molecule has 0 aliphatic carbocycles. The van der Waals surface area contributed by atoms with Crippen LogP contribution in [0.5, 0.6) is 5.75 Å². The summed E-state index contributed by atoms with van der Waals surface area (Å²) >= 11 is 7.89. The third-order valence-electron chi connectivity index (χ3n) is 4.43. The summed E-state index contributed by atoms with van der Waals surface area (Å²) in [6.45, 7) is 5.64. The number of fused-ring (bicyclic) bond motifs is 1. The van der Waals surface area contributed by atoms with Crippen molar-refractivity contribution in [2.75, 3.05) is 44.2 Å². The molecule has 0 spiro atoms. The molecule has 0 radical (unpaired) electrons. The van der Waals surface area contributed by atoms with E-state index < -0.39 is 0 Å². The Morgan fingerprint density at radius 2 is 1.76 bits per heavy atom. The van der Waals surface area contributed by atoms with Gasteiger partial charge < -0.3 is 9.64 Å². The van der Waals surface area contributed by atoms with Crippen molar-refractivity contribution < 1.29 is 4.74 Å². The Bertz CT molecular complexity index is 812. The first-order chi connectivity index (χ1) is 12.3. The highest BCUT2D eigenvalue weighted by Gasteiger charge is 2.19. The van der Waals surface area contributed by atoms with Gasteiger partial charge in [-0.3, -0.25) is 4.90 Å². The van der Waals surface area contributed by atoms with E-state index in [1.54, 1.807) is 11.3 Å². The van der Waals surface area contributed by atoms with Crippen molar-refractivity contribution in [1.82, 2.24) is 9.88 Å². The topological polar surface area (TPSA) is 28.6 Å². The highest BCUT2D eigenvalue weighted by molar-refractivity contribution is 7.22. The van der Waals surface area contributed by atoms with Crippen LogP contribution < -0.4 is 9.64 Å². The van der Waals surface area contributed by atoms with Gasteiger partial charge in [0.2, 0.25) is 0 Å². The lowest BCUT2D eigenvalue weighted by Crippen LogP contribution is -2.47. The van der Waals surface area contributed by atoms with Crippen molar-refractivity contribution in [3.8, 4) is 5.75 Å². The van der Waals surface area contributed by atoms with E-state index in [0.29, 0.717) is 11.6 Å². The second-order valence-corrected chi connectivity index (χ2v) is 7.49. The molecule has 6 heteroatoms. The predicted octanol–water partition coefficient (Wildman–Crippen LogP) is 4.15. The number of piperazine rings is 1. The highest BCUT2D eigenvalue weighted by atomic mass is 35.5. The van der Waals surface area contributed by atoms with Gasteiger partial charge in [-0.25, -0.2) is 4.98 Å². The molecule has 3 aromatic rings. The summed E-state index contributed by atoms with van der Waals surface area (Å²) in [5.41, 5.74) is 1.10. The molecule has 4 nitrogen and oxygen atoms in total. The van der Waals surface area contributed by atoms with Gasteiger partial charge in [-0.1, -0.05) is 47.2 Å². The Morgan fingerprint density at radius 1 is 1.00 bits per heavy atom. The molecule has 0 amide bonds. The molecule has 1 aliphatic heterocycles. The first kappa shape index (κ1) is 16.6. The maximum atomic E-state index is 6.12. The van der Waals surface area contributed by atoms with Crippen molar-refractivity contribution in [3.05, 3.63) is 53.6 Å². The number of benzene rings is 2. The van der Waals surface area contributed by atoms with Crippen LogP contribution in [0, 0.1) is 0 Å². The van der Waals surface area contributed by atoms with Crippen LogP contribution in [-0.2, 0) is 0 Å². The number of hydrogen-bond donors (Lipinski definition) is 0. The van der Waals surface area contributed by atoms with Gasteiger partial charge in [-0.15, -0.1) is 0 Å². The summed E-state index contributed by atoms with van der Waals surface area (Å²) in [4.78, 5) is 9.58. The summed E-state index contributed by atoms with van der Waals surface area (Å²) in [6, 6.07) is 16.0. The Labute approximate surface area is 156 Å². The van der Waals surface area contributed by atoms with Gasteiger partial charge >= 0.3 is 0 Å². The van der Waals surface area contributed by atoms with Crippen molar-refractivity contribution in [1.29, 1.82) is 0 Å². The molecule has 2 aromatic carbocycles. The Kier molecular flexibility index (Phi) is 5.06. The van der Waals surface area contributed by atoms with Gasteiger partial charge in [0.05, 0.1) is 15.2 Å². The van der Waals surface area contributed by atoms with Crippen LogP contribution in [0.3, 0.4) is 0 Å². The van der Waals surface area contributed by atoms with Crippen LogP contribution in [0.25, 0.3) is 10.2 Å². The maximum absolute atomic E-state index is 6.12. The minimum Gasteiger partial charge on any atom is -0.491 e. The molecular formula is C19H20ClN3OS. The number of ether oxygens (including phenoxy) is 1. The van der Waals surface area contributed by atoms with Gasteiger partial charge in [-0.05, 0) is 24.3 Å². The minimum atomic E-state index is 0.658. The smallest absolute Gasteiger partial charge is 0.186 e. The largest absolute Gasteiger partial charge is 0.491 e. The quantitative estimate of drug-likeness (QED) is 0.671. The lowest BCUT2D eigenvalue weighted by Gasteiger charge is -2.34. The average Bonchev–Trinajstić information content (AvgIpc) is 3.08. The molecule has 1 fully saturated rings. The van der Waals surface area contributed by atoms with Crippen molar-refractivity contribution >= 4 is 38.3 Å². The van der Waals surface area contributed by atoms with Gasteiger partial charge in [0, 0.05) is 32.7 Å². The maximum Gasteiger partial charge on any atom is 0.186 e. The average molecular weight is 374 g/mol. The zero-order chi connectivity index (χ0) is 17.1. The number of anilines is 1. The number of halogens is 1. The molecule has 0 bridgehead atoms. The third-order valence-corrected chi connectivity index (χ3v) is 5.84. The van der Waals surface area contributed by atoms with E-state index in [0.717, 1.165) is 49.1 Å². The zero-order valence-corrected chi connectivity index (χ0v) is 15.5. The van der Waals surface area contributed by atoms with Crippen LogP contribution in [0.2, 0.25) is 5.02 Å². The highest BCUT2D eigenvalue weighted by Crippen LogP contribution is 2.29. The fourth-order valence-corrected chi connectivity index (χ4v) is 4.21. The molecule has 25 heavy (non-hydrogen) atoms. The molecule has 0 saturated carbocycles. The van der Waals surface area contributed by atoms with Crippen LogP contribution in [0.4, 0.5) is 5.13 Å². The van der Waals surface area contributed by atoms with Crippen LogP contribution in [-0.4, -0.2) is 49.2 Å². The molecule has 0 N–H and O–H groups in total. The van der Waals surface area contributed by atoms with Crippen LogP contribution in [0.1, 0.15) is 0 Å². The lowest BCUT2D eigenvalue weighted by atomic mass is 10.3. The second-order valence-electron chi connectivity index (χ2n) is 6.07. The fourth-order valence-electron chi connectivity index (χ4n) is 3.00. The van der Waals surface area contributed by atoms with Gasteiger partial charge in [0.15, 0.2) is 5.13 Å². The van der Waals surface area contributed by atoms with E-state index in [1.807, 2.05) is 30.3 Å². The monoisotopic (exact) mass is 373 g/mol. The number of rotatable bonds is 5. The molecule has 1 aromatic heterocycles. The van der Waals surface area contributed by atoms with Crippen LogP contribution >= 0.6 is 22.9 Å². The predicted molar refractivity (Wildman–Crippen MR) is 105 cm³/mol. The molecular weight excluding hydrogens is 354 g/mol. The van der Waals surface area contributed by atoms with Gasteiger partial charge in [0.25, 0.3) is 0 Å². The Balaban J connectivity index is 1.27. The number of hydrogen-bond acceptors (Lipinski definition) is 5. The van der Waals surface area contributed by atoms with E-state index in [9.17, 15) is 0 Å². The van der Waals surface area contributed by atoms with Crippen molar-refractivity contribution in [3.63, 3.8) is 0 Å². The number of thiazole rings is 1. The number of para-hydroxylation sites is 2. The SMILES string of the molecule is Clc1ccccc1OCCN1CCN(c2nc3ccccc3s2)CC1. The van der Waals surface area contributed by atoms with E-state index in [-0.39, 0.29) is 0 Å². The van der Waals surface area contributed by atoms with Crippen molar-refractivity contribution in [2.45, 2.75) is 0 Å². The molecule has 130 valence electrons. The Morgan fingerprint density at radius 3 is 2.56 bits per heavy atom. The van der Waals surface area contributed by atoms with Crippen LogP contribution in [0.15, 0.2) is 48.5 Å². The summed E-state index contributed by atoms with van der Waals surface area (Å²) in [7, 11) is 0. The number of aromatic nitrogens is 1. The molecule has 1 saturated heterocycles. The van der Waals surface area contributed by atoms with E-state index in [1.165, 1.54) is 4.70 Å². The lowest BCUT2D eigenvalue weighted by molar-refractivity contribution is 0.200.